The van der Waals surface area contributed by atoms with E-state index in [1.807, 2.05) is 18.2 Å². The zero-order valence-electron chi connectivity index (χ0n) is 18.5. The monoisotopic (exact) mass is 404 g/mol. The van der Waals surface area contributed by atoms with Crippen molar-refractivity contribution in [2.24, 2.45) is 5.92 Å². The van der Waals surface area contributed by atoms with Crippen LogP contribution in [0.5, 0.6) is 0 Å². The van der Waals surface area contributed by atoms with Crippen molar-refractivity contribution in [2.45, 2.75) is 53.1 Å². The van der Waals surface area contributed by atoms with Crippen molar-refractivity contribution >= 4 is 22.6 Å². The molecule has 4 rings (SSSR count). The van der Waals surface area contributed by atoms with E-state index in [4.69, 9.17) is 4.98 Å². The van der Waals surface area contributed by atoms with Gasteiger partial charge in [0.25, 0.3) is 0 Å². The maximum Gasteiger partial charge on any atom is 0.228 e. The number of aromatic nitrogens is 2. The molecule has 0 spiro atoms. The molecule has 0 aliphatic carbocycles. The first-order chi connectivity index (χ1) is 14.4. The van der Waals surface area contributed by atoms with E-state index >= 15 is 0 Å². The number of likely N-dealkylation sites (tertiary alicyclic amines) is 1. The molecule has 30 heavy (non-hydrogen) atoms. The fraction of sp³-hybridized carbons (Fsp3) is 0.440. The number of fused-ring (bicyclic) bond motifs is 1. The van der Waals surface area contributed by atoms with E-state index in [1.165, 1.54) is 11.1 Å². The van der Waals surface area contributed by atoms with Crippen LogP contribution in [-0.4, -0.2) is 33.4 Å². The van der Waals surface area contributed by atoms with Crippen molar-refractivity contribution in [3.05, 3.63) is 59.4 Å². The molecule has 1 aromatic heterocycles. The maximum absolute atomic E-state index is 13.0. The maximum atomic E-state index is 13.0. The summed E-state index contributed by atoms with van der Waals surface area (Å²) in [5.41, 5.74) is 5.50. The first-order valence-electron chi connectivity index (χ1n) is 11.0. The first-order valence-corrected chi connectivity index (χ1v) is 11.0. The Morgan fingerprint density at radius 2 is 1.97 bits per heavy atom. The normalized spacial score (nSPS) is 17.6. The van der Waals surface area contributed by atoms with Crippen LogP contribution in [0.1, 0.15) is 49.7 Å². The second-order valence-electron chi connectivity index (χ2n) is 8.79. The summed E-state index contributed by atoms with van der Waals surface area (Å²) in [6, 6.07) is 14.7. The van der Waals surface area contributed by atoms with Gasteiger partial charge in [0.2, 0.25) is 5.91 Å². The highest BCUT2D eigenvalue weighted by Crippen LogP contribution is 2.25. The lowest BCUT2D eigenvalue weighted by molar-refractivity contribution is -0.121. The van der Waals surface area contributed by atoms with Crippen molar-refractivity contribution in [1.29, 1.82) is 0 Å². The number of aryl methyl sites for hydroxylation is 1. The van der Waals surface area contributed by atoms with Gasteiger partial charge in [0.15, 0.2) is 0 Å². The molecule has 0 unspecified atom stereocenters. The molecule has 1 fully saturated rings. The van der Waals surface area contributed by atoms with Crippen molar-refractivity contribution in [1.82, 2.24) is 14.5 Å². The number of nitrogens with zero attached hydrogens (tertiary/aromatic N) is 3. The summed E-state index contributed by atoms with van der Waals surface area (Å²) < 4.78 is 2.33. The van der Waals surface area contributed by atoms with Crippen molar-refractivity contribution in [2.75, 3.05) is 18.4 Å². The molecule has 158 valence electrons. The number of imidazole rings is 1. The van der Waals surface area contributed by atoms with Crippen molar-refractivity contribution < 1.29 is 4.79 Å². The van der Waals surface area contributed by atoms with E-state index in [0.717, 1.165) is 55.1 Å². The summed E-state index contributed by atoms with van der Waals surface area (Å²) in [7, 11) is 0. The average molecular weight is 405 g/mol. The van der Waals surface area contributed by atoms with Gasteiger partial charge in [0.1, 0.15) is 5.82 Å². The third-order valence-electron chi connectivity index (χ3n) is 6.29. The molecule has 5 nitrogen and oxygen atoms in total. The Balaban J connectivity index is 1.48. The largest absolute Gasteiger partial charge is 0.326 e. The molecule has 1 N–H and O–H groups in total. The average Bonchev–Trinajstić information content (AvgIpc) is 3.09. The Morgan fingerprint density at radius 3 is 2.77 bits per heavy atom. The number of benzene rings is 2. The molecule has 1 aliphatic rings. The van der Waals surface area contributed by atoms with Crippen molar-refractivity contribution in [3.63, 3.8) is 0 Å². The topological polar surface area (TPSA) is 50.2 Å². The van der Waals surface area contributed by atoms with Crippen LogP contribution in [0, 0.1) is 19.8 Å². The fourth-order valence-electron chi connectivity index (χ4n) is 4.52. The van der Waals surface area contributed by atoms with Gasteiger partial charge < -0.3 is 9.88 Å². The van der Waals surface area contributed by atoms with E-state index in [9.17, 15) is 4.79 Å². The molecule has 2 heterocycles. The van der Waals surface area contributed by atoms with Crippen molar-refractivity contribution in [3.8, 4) is 0 Å². The number of para-hydroxylation sites is 2. The smallest absolute Gasteiger partial charge is 0.228 e. The van der Waals surface area contributed by atoms with Crippen LogP contribution >= 0.6 is 0 Å². The highest BCUT2D eigenvalue weighted by Gasteiger charge is 2.27. The van der Waals surface area contributed by atoms with Gasteiger partial charge in [-0.3, -0.25) is 9.69 Å². The van der Waals surface area contributed by atoms with E-state index in [1.54, 1.807) is 0 Å². The summed E-state index contributed by atoms with van der Waals surface area (Å²) in [6.45, 7) is 11.1. The summed E-state index contributed by atoms with van der Waals surface area (Å²) in [5, 5.41) is 3.17. The molecule has 1 saturated heterocycles. The number of anilines is 1. The number of carbonyl (C=O) groups is 1. The molecular weight excluding hydrogens is 372 g/mol. The lowest BCUT2D eigenvalue weighted by Gasteiger charge is -2.32. The summed E-state index contributed by atoms with van der Waals surface area (Å²) in [5.74, 6) is 1.23. The lowest BCUT2D eigenvalue weighted by Crippen LogP contribution is -2.40. The number of amides is 1. The number of piperidine rings is 1. The minimum atomic E-state index is 0.00976. The Hall–Kier alpha value is -2.66. The number of hydrogen-bond acceptors (Lipinski definition) is 3. The van der Waals surface area contributed by atoms with E-state index in [2.05, 4.69) is 66.7 Å². The number of nitrogens with one attached hydrogen (secondary N) is 1. The van der Waals surface area contributed by atoms with Crippen LogP contribution in [0.2, 0.25) is 0 Å². The molecule has 3 aromatic rings. The predicted octanol–water partition coefficient (Wildman–Crippen LogP) is 5.08. The predicted molar refractivity (Wildman–Crippen MR) is 123 cm³/mol. The summed E-state index contributed by atoms with van der Waals surface area (Å²) in [6.07, 6.45) is 1.97. The van der Waals surface area contributed by atoms with Gasteiger partial charge in [-0.1, -0.05) is 24.3 Å². The molecule has 1 amide bonds. The van der Waals surface area contributed by atoms with Gasteiger partial charge >= 0.3 is 0 Å². The third-order valence-corrected chi connectivity index (χ3v) is 6.29. The Bertz CT molecular complexity index is 1050. The SMILES string of the molecule is Cc1cccc(NC(=O)[C@@H]2CCCN(Cc3nc4ccccc4n3C(C)C)C2)c1C. The quantitative estimate of drug-likeness (QED) is 0.645. The highest BCUT2D eigenvalue weighted by molar-refractivity contribution is 5.93. The Labute approximate surface area is 179 Å². The van der Waals surface area contributed by atoms with Gasteiger partial charge in [-0.25, -0.2) is 4.98 Å². The summed E-state index contributed by atoms with van der Waals surface area (Å²) in [4.78, 5) is 20.3. The molecular formula is C25H32N4O. The van der Waals surface area contributed by atoms with E-state index in [0.29, 0.717) is 6.04 Å². The molecule has 1 aliphatic heterocycles. The van der Waals surface area contributed by atoms with Gasteiger partial charge in [0, 0.05) is 18.3 Å². The minimum Gasteiger partial charge on any atom is -0.326 e. The second kappa shape index (κ2) is 8.60. The molecule has 2 aromatic carbocycles. The third kappa shape index (κ3) is 4.12. The van der Waals surface area contributed by atoms with Gasteiger partial charge in [-0.15, -0.1) is 0 Å². The fourth-order valence-corrected chi connectivity index (χ4v) is 4.52. The first kappa shape index (κ1) is 20.6. The summed E-state index contributed by atoms with van der Waals surface area (Å²) >= 11 is 0. The Morgan fingerprint density at radius 1 is 1.17 bits per heavy atom. The number of carbonyl (C=O) groups excluding carboxylic acids is 1. The van der Waals surface area contributed by atoms with Crippen LogP contribution in [0.4, 0.5) is 5.69 Å². The molecule has 0 radical (unpaired) electrons. The van der Waals surface area contributed by atoms with E-state index < -0.39 is 0 Å². The van der Waals surface area contributed by atoms with Crippen LogP contribution in [0.3, 0.4) is 0 Å². The van der Waals surface area contributed by atoms with Crippen LogP contribution in [0.25, 0.3) is 11.0 Å². The molecule has 1 atom stereocenters. The van der Waals surface area contributed by atoms with Crippen LogP contribution < -0.4 is 5.32 Å². The Kier molecular flexibility index (Phi) is 5.91. The van der Waals surface area contributed by atoms with Gasteiger partial charge in [-0.2, -0.15) is 0 Å². The second-order valence-corrected chi connectivity index (χ2v) is 8.79. The molecule has 0 bridgehead atoms. The van der Waals surface area contributed by atoms with Gasteiger partial charge in [-0.05, 0) is 76.4 Å². The zero-order valence-corrected chi connectivity index (χ0v) is 18.5. The van der Waals surface area contributed by atoms with E-state index in [-0.39, 0.29) is 11.8 Å². The standard InChI is InChI=1S/C25H32N4O/c1-17(2)29-23-13-6-5-11-22(23)26-24(29)16-28-14-8-10-20(15-28)25(30)27-21-12-7-9-18(3)19(21)4/h5-7,9,11-13,17,20H,8,10,14-16H2,1-4H3,(H,27,30)/t20-/m1/s1. The lowest BCUT2D eigenvalue weighted by atomic mass is 9.96. The van der Waals surface area contributed by atoms with Gasteiger partial charge in [0.05, 0.1) is 23.5 Å². The van der Waals surface area contributed by atoms with Crippen LogP contribution in [0.15, 0.2) is 42.5 Å². The zero-order chi connectivity index (χ0) is 21.3. The number of rotatable bonds is 5. The number of hydrogen-bond donors (Lipinski definition) is 1. The highest BCUT2D eigenvalue weighted by atomic mass is 16.1. The molecule has 0 saturated carbocycles. The van der Waals surface area contributed by atoms with Crippen LogP contribution in [-0.2, 0) is 11.3 Å². The minimum absolute atomic E-state index is 0.00976. The molecule has 5 heteroatoms.